The fourth-order valence-corrected chi connectivity index (χ4v) is 9.33. The Hall–Kier alpha value is -5.18. The zero-order valence-electron chi connectivity index (χ0n) is 34.6. The molecule has 0 unspecified atom stereocenters. The van der Waals surface area contributed by atoms with Crippen LogP contribution in [0, 0.1) is 13.8 Å². The van der Waals surface area contributed by atoms with Crippen molar-refractivity contribution in [2.24, 2.45) is 0 Å². The van der Waals surface area contributed by atoms with Crippen molar-refractivity contribution in [3.8, 4) is 33.8 Å². The fraction of sp³-hybridized carbons (Fsp3) is 0.298. The highest BCUT2D eigenvalue weighted by Gasteiger charge is 2.38. The summed E-state index contributed by atoms with van der Waals surface area (Å²) in [5, 5.41) is 3.31. The topological polar surface area (TPSA) is 60.0 Å². The minimum atomic E-state index is -4.44. The normalized spacial score (nSPS) is 13.3. The van der Waals surface area contributed by atoms with E-state index in [1.165, 1.54) is 5.56 Å². The number of amides is 1. The molecule has 4 aromatic carbocycles. The number of ether oxygens (including phenoxy) is 3. The minimum Gasteiger partial charge on any atom is -0.488 e. The molecule has 8 rings (SSSR count). The van der Waals surface area contributed by atoms with E-state index in [-0.39, 0.29) is 36.7 Å². The molecule has 0 saturated heterocycles. The predicted octanol–water partition coefficient (Wildman–Crippen LogP) is 14.3. The summed E-state index contributed by atoms with van der Waals surface area (Å²) < 4.78 is 98.8. The number of thiophene rings is 2. The molecule has 2 aromatic heterocycles. The Labute approximate surface area is 370 Å². The molecule has 0 aliphatic carbocycles. The summed E-state index contributed by atoms with van der Waals surface area (Å²) in [4.78, 5) is 14.0. The molecule has 0 spiro atoms. The molecule has 0 radical (unpaired) electrons. The van der Waals surface area contributed by atoms with Crippen molar-refractivity contribution in [2.75, 3.05) is 23.3 Å². The van der Waals surface area contributed by atoms with E-state index in [1.807, 2.05) is 46.8 Å². The van der Waals surface area contributed by atoms with Crippen molar-refractivity contribution < 1.29 is 45.3 Å². The lowest BCUT2D eigenvalue weighted by molar-refractivity contribution is -0.134. The Morgan fingerprint density at radius 3 is 1.65 bits per heavy atom. The van der Waals surface area contributed by atoms with Gasteiger partial charge in [0.2, 0.25) is 0 Å². The first-order valence-corrected chi connectivity index (χ1v) is 21.3. The van der Waals surface area contributed by atoms with Gasteiger partial charge in [-0.2, -0.15) is 26.3 Å². The molecule has 0 bridgehead atoms. The van der Waals surface area contributed by atoms with Crippen LogP contribution in [-0.2, 0) is 43.1 Å². The number of nitrogens with zero attached hydrogens (tertiary/aromatic N) is 1. The number of carbonyl (C=O) groups excluding carboxylic acids is 1. The number of anilines is 2. The molecule has 0 saturated carbocycles. The zero-order valence-corrected chi connectivity index (χ0v) is 37.0. The molecular formula is C47H45ClF6N2O4S2. The summed E-state index contributed by atoms with van der Waals surface area (Å²) in [5.74, 6) is 1.31. The molecular weight excluding hydrogens is 870 g/mol. The van der Waals surface area contributed by atoms with Crippen molar-refractivity contribution in [3.63, 3.8) is 0 Å². The molecule has 6 nitrogen and oxygen atoms in total. The molecule has 2 aliphatic heterocycles. The number of hydrogen-bond acceptors (Lipinski definition) is 7. The molecule has 2 aliphatic rings. The fourth-order valence-electron chi connectivity index (χ4n) is 7.41. The third-order valence-corrected chi connectivity index (χ3v) is 12.6. The maximum absolute atomic E-state index is 13.7. The van der Waals surface area contributed by atoms with Crippen LogP contribution in [0.4, 0.5) is 42.5 Å². The number of fused-ring (bicyclic) bond motifs is 2. The number of nitrogens with one attached hydrogen (secondary N) is 1. The quantitative estimate of drug-likeness (QED) is 0.154. The van der Waals surface area contributed by atoms with Gasteiger partial charge in [-0.1, -0.05) is 60.7 Å². The van der Waals surface area contributed by atoms with Gasteiger partial charge in [-0.3, -0.25) is 4.90 Å². The van der Waals surface area contributed by atoms with Crippen molar-refractivity contribution in [1.29, 1.82) is 0 Å². The van der Waals surface area contributed by atoms with Gasteiger partial charge >= 0.3 is 18.4 Å². The van der Waals surface area contributed by atoms with Crippen LogP contribution in [0.25, 0.3) is 22.3 Å². The molecule has 6 aromatic rings. The smallest absolute Gasteiger partial charge is 0.426 e. The SMILES string of the molecule is Cc1c(OCc2cc(-c3ccccc3)c(C(F)(F)F)s2)ccc2c1CCN2.Cc1c(OCc2cc(-c3ccccc3)c(C(F)(F)F)s2)ccc2c1CCN2C(=O)OC(C)(C)C.Cl. The third-order valence-electron chi connectivity index (χ3n) is 10.2. The minimum absolute atomic E-state index is 0. The van der Waals surface area contributed by atoms with Gasteiger partial charge < -0.3 is 19.5 Å². The van der Waals surface area contributed by atoms with Crippen LogP contribution in [0.15, 0.2) is 97.1 Å². The number of rotatable bonds is 8. The summed E-state index contributed by atoms with van der Waals surface area (Å²) in [7, 11) is 0. The highest BCUT2D eigenvalue weighted by molar-refractivity contribution is 7.13. The van der Waals surface area contributed by atoms with Crippen molar-refractivity contribution in [2.45, 2.75) is 78.6 Å². The van der Waals surface area contributed by atoms with Gasteiger partial charge in [0.25, 0.3) is 0 Å². The lowest BCUT2D eigenvalue weighted by Gasteiger charge is -2.25. The Morgan fingerprint density at radius 2 is 1.16 bits per heavy atom. The van der Waals surface area contributed by atoms with Crippen LogP contribution < -0.4 is 19.7 Å². The van der Waals surface area contributed by atoms with Crippen LogP contribution >= 0.6 is 35.1 Å². The monoisotopic (exact) mass is 914 g/mol. The van der Waals surface area contributed by atoms with Crippen molar-refractivity contribution in [1.82, 2.24) is 0 Å². The van der Waals surface area contributed by atoms with Gasteiger partial charge in [0.1, 0.15) is 40.1 Å². The van der Waals surface area contributed by atoms with E-state index < -0.39 is 33.8 Å². The van der Waals surface area contributed by atoms with Gasteiger partial charge in [-0.15, -0.1) is 35.1 Å². The highest BCUT2D eigenvalue weighted by atomic mass is 35.5. The molecule has 328 valence electrons. The second-order valence-electron chi connectivity index (χ2n) is 15.7. The van der Waals surface area contributed by atoms with E-state index in [0.29, 0.717) is 50.9 Å². The second-order valence-corrected chi connectivity index (χ2v) is 17.9. The Kier molecular flexibility index (Phi) is 13.9. The lowest BCUT2D eigenvalue weighted by atomic mass is 10.1. The van der Waals surface area contributed by atoms with Crippen LogP contribution in [0.2, 0.25) is 0 Å². The van der Waals surface area contributed by atoms with Gasteiger partial charge in [-0.05, 0) is 117 Å². The number of hydrogen-bond donors (Lipinski definition) is 1. The molecule has 1 N–H and O–H groups in total. The molecule has 0 fully saturated rings. The number of carbonyl (C=O) groups is 1. The first kappa shape index (κ1) is 46.3. The van der Waals surface area contributed by atoms with E-state index in [1.54, 1.807) is 89.8 Å². The summed E-state index contributed by atoms with van der Waals surface area (Å²) in [6, 6.07) is 27.8. The maximum atomic E-state index is 13.7. The van der Waals surface area contributed by atoms with Gasteiger partial charge in [0, 0.05) is 39.7 Å². The highest BCUT2D eigenvalue weighted by Crippen LogP contribution is 2.45. The molecule has 1 amide bonds. The number of alkyl halides is 6. The first-order valence-electron chi connectivity index (χ1n) is 19.6. The van der Waals surface area contributed by atoms with Gasteiger partial charge in [0.05, 0.1) is 5.69 Å². The summed E-state index contributed by atoms with van der Waals surface area (Å²) in [5.41, 5.74) is 6.88. The summed E-state index contributed by atoms with van der Waals surface area (Å²) >= 11 is 1.45. The Bertz CT molecular complexity index is 2510. The van der Waals surface area contributed by atoms with E-state index in [2.05, 4.69) is 5.32 Å². The van der Waals surface area contributed by atoms with E-state index in [4.69, 9.17) is 14.2 Å². The predicted molar refractivity (Wildman–Crippen MR) is 237 cm³/mol. The van der Waals surface area contributed by atoms with Crippen molar-refractivity contribution in [3.05, 3.63) is 139 Å². The summed E-state index contributed by atoms with van der Waals surface area (Å²) in [6.07, 6.45) is -7.63. The van der Waals surface area contributed by atoms with Crippen LogP contribution in [-0.4, -0.2) is 24.8 Å². The second kappa shape index (κ2) is 18.7. The van der Waals surface area contributed by atoms with E-state index >= 15 is 0 Å². The molecule has 15 heteroatoms. The van der Waals surface area contributed by atoms with Crippen LogP contribution in [0.1, 0.15) is 62.5 Å². The first-order chi connectivity index (χ1) is 28.9. The standard InChI is InChI=1S/C26H26F3NO3S.C21H18F3NOS.ClH/c1-16-19-12-13-30(24(31)33-25(2,3)4)21(19)10-11-22(16)32-15-18-14-20(17-8-6-5-7-9-17)23(34-18)26(27,28)29;1-13-16-9-10-25-18(16)7-8-19(13)26-12-15-11-17(14-5-3-2-4-6-14)20(27-15)21(22,23)24;/h5-11,14H,12-13,15H2,1-4H3;2-8,11,25H,9-10,12H2,1H3;1H. The van der Waals surface area contributed by atoms with E-state index in [0.717, 1.165) is 58.1 Å². The number of halogens is 7. The van der Waals surface area contributed by atoms with Gasteiger partial charge in [-0.25, -0.2) is 4.79 Å². The van der Waals surface area contributed by atoms with Crippen LogP contribution in [0.5, 0.6) is 11.5 Å². The van der Waals surface area contributed by atoms with Crippen LogP contribution in [0.3, 0.4) is 0 Å². The maximum Gasteiger partial charge on any atom is 0.426 e. The van der Waals surface area contributed by atoms with E-state index in [9.17, 15) is 31.1 Å². The third kappa shape index (κ3) is 10.5. The molecule has 4 heterocycles. The average Bonchev–Trinajstić information content (AvgIpc) is 4.03. The Morgan fingerprint density at radius 1 is 0.677 bits per heavy atom. The molecule has 0 atom stereocenters. The number of benzene rings is 4. The van der Waals surface area contributed by atoms with Gasteiger partial charge in [0.15, 0.2) is 0 Å². The molecule has 62 heavy (non-hydrogen) atoms. The lowest BCUT2D eigenvalue weighted by Crippen LogP contribution is -2.35. The zero-order chi connectivity index (χ0) is 43.7. The van der Waals surface area contributed by atoms with Crippen molar-refractivity contribution >= 4 is 52.5 Å². The largest absolute Gasteiger partial charge is 0.488 e. The summed E-state index contributed by atoms with van der Waals surface area (Å²) in [6.45, 7) is 10.9. The Balaban J connectivity index is 0.000000209. The average molecular weight is 915 g/mol.